The van der Waals surface area contributed by atoms with Crippen molar-refractivity contribution in [2.45, 2.75) is 26.9 Å². The largest absolute Gasteiger partial charge is 0.477 e. The van der Waals surface area contributed by atoms with Crippen molar-refractivity contribution in [3.05, 3.63) is 56.0 Å². The first-order valence-corrected chi connectivity index (χ1v) is 9.58. The number of benzene rings is 2. The van der Waals surface area contributed by atoms with Crippen LogP contribution in [0.3, 0.4) is 0 Å². The molecule has 2 rings (SSSR count). The van der Waals surface area contributed by atoms with E-state index in [1.54, 1.807) is 18.2 Å². The number of carbonyl (C=O) groups is 2. The molecule has 0 aliphatic rings. The number of anilines is 1. The van der Waals surface area contributed by atoms with Crippen molar-refractivity contribution in [1.82, 2.24) is 0 Å². The van der Waals surface area contributed by atoms with Crippen molar-refractivity contribution >= 4 is 56.7 Å². The van der Waals surface area contributed by atoms with Crippen LogP contribution in [0.15, 0.2) is 34.8 Å². The lowest BCUT2D eigenvalue weighted by atomic mass is 10.1. The van der Waals surface area contributed by atoms with Gasteiger partial charge in [0, 0.05) is 15.2 Å². The van der Waals surface area contributed by atoms with Crippen molar-refractivity contribution in [1.29, 1.82) is 0 Å². The molecular formula is C19H18BrCl2NO4. The second-order valence-corrected chi connectivity index (χ2v) is 7.53. The average Bonchev–Trinajstić information content (AvgIpc) is 2.62. The molecular weight excluding hydrogens is 457 g/mol. The smallest absolute Gasteiger partial charge is 0.347 e. The van der Waals surface area contributed by atoms with E-state index in [2.05, 4.69) is 21.2 Å². The molecule has 0 saturated heterocycles. The molecule has 2 aromatic carbocycles. The first kappa shape index (κ1) is 21.5. The molecule has 0 aliphatic heterocycles. The van der Waals surface area contributed by atoms with Crippen LogP contribution in [-0.2, 0) is 14.3 Å². The molecule has 0 saturated carbocycles. The first-order chi connectivity index (χ1) is 12.7. The van der Waals surface area contributed by atoms with Crippen LogP contribution in [-0.4, -0.2) is 24.6 Å². The molecule has 8 heteroatoms. The maximum atomic E-state index is 12.1. The van der Waals surface area contributed by atoms with Crippen molar-refractivity contribution in [2.75, 3.05) is 11.9 Å². The van der Waals surface area contributed by atoms with E-state index in [1.807, 2.05) is 19.9 Å². The lowest BCUT2D eigenvalue weighted by Crippen LogP contribution is -2.30. The van der Waals surface area contributed by atoms with Crippen molar-refractivity contribution in [3.63, 3.8) is 0 Å². The molecule has 0 fully saturated rings. The van der Waals surface area contributed by atoms with Gasteiger partial charge in [0.1, 0.15) is 5.75 Å². The standard InChI is InChI=1S/C19H18BrCl2NO4/c1-10-11(2)16(6-5-14(10)20)23-18(24)9-26-19(25)12(3)27-17-7-4-13(21)8-15(17)22/h4-8,12H,9H2,1-3H3,(H,23,24)/t12-/m0/s1. The van der Waals surface area contributed by atoms with Gasteiger partial charge in [-0.2, -0.15) is 0 Å². The number of nitrogens with one attached hydrogen (secondary N) is 1. The molecule has 1 N–H and O–H groups in total. The molecule has 0 bridgehead atoms. The van der Waals surface area contributed by atoms with Gasteiger partial charge in [0.2, 0.25) is 0 Å². The topological polar surface area (TPSA) is 64.6 Å². The molecule has 144 valence electrons. The van der Waals surface area contributed by atoms with Crippen LogP contribution in [0.25, 0.3) is 0 Å². The summed E-state index contributed by atoms with van der Waals surface area (Å²) in [4.78, 5) is 24.1. The van der Waals surface area contributed by atoms with Gasteiger partial charge in [-0.25, -0.2) is 4.79 Å². The van der Waals surface area contributed by atoms with Gasteiger partial charge >= 0.3 is 5.97 Å². The van der Waals surface area contributed by atoms with Crippen molar-refractivity contribution in [3.8, 4) is 5.75 Å². The second-order valence-electron chi connectivity index (χ2n) is 5.84. The minimum absolute atomic E-state index is 0.279. The van der Waals surface area contributed by atoms with Crippen LogP contribution in [0.2, 0.25) is 10.0 Å². The van der Waals surface area contributed by atoms with Crippen molar-refractivity contribution in [2.24, 2.45) is 0 Å². The Hall–Kier alpha value is -1.76. The first-order valence-electron chi connectivity index (χ1n) is 8.03. The van der Waals surface area contributed by atoms with Gasteiger partial charge in [0.05, 0.1) is 5.02 Å². The van der Waals surface area contributed by atoms with Crippen LogP contribution in [0.4, 0.5) is 5.69 Å². The third kappa shape index (κ3) is 5.86. The summed E-state index contributed by atoms with van der Waals surface area (Å²) in [5, 5.41) is 3.46. The Labute approximate surface area is 176 Å². The Morgan fingerprint density at radius 2 is 1.85 bits per heavy atom. The van der Waals surface area contributed by atoms with Gasteiger partial charge in [-0.3, -0.25) is 4.79 Å². The third-order valence-electron chi connectivity index (χ3n) is 3.87. The zero-order valence-electron chi connectivity index (χ0n) is 14.9. The summed E-state index contributed by atoms with van der Waals surface area (Å²) in [6.07, 6.45) is -0.937. The summed E-state index contributed by atoms with van der Waals surface area (Å²) in [6, 6.07) is 8.28. The summed E-state index contributed by atoms with van der Waals surface area (Å²) in [7, 11) is 0. The molecule has 0 heterocycles. The van der Waals surface area contributed by atoms with E-state index in [4.69, 9.17) is 32.7 Å². The van der Waals surface area contributed by atoms with E-state index >= 15 is 0 Å². The molecule has 0 aromatic heterocycles. The van der Waals surface area contributed by atoms with E-state index in [9.17, 15) is 9.59 Å². The minimum atomic E-state index is -0.937. The van der Waals surface area contributed by atoms with E-state index in [0.29, 0.717) is 16.5 Å². The highest BCUT2D eigenvalue weighted by Crippen LogP contribution is 2.28. The SMILES string of the molecule is Cc1c(Br)ccc(NC(=O)COC(=O)[C@H](C)Oc2ccc(Cl)cc2Cl)c1C. The number of hydrogen-bond acceptors (Lipinski definition) is 4. The predicted octanol–water partition coefficient (Wildman–Crippen LogP) is 5.32. The number of halogens is 3. The fourth-order valence-corrected chi connectivity index (χ4v) is 3.06. The van der Waals surface area contributed by atoms with E-state index in [-0.39, 0.29) is 5.02 Å². The Morgan fingerprint density at radius 3 is 2.52 bits per heavy atom. The molecule has 0 radical (unpaired) electrons. The molecule has 0 aliphatic carbocycles. The molecule has 1 amide bonds. The highest BCUT2D eigenvalue weighted by atomic mass is 79.9. The van der Waals surface area contributed by atoms with Gasteiger partial charge in [-0.1, -0.05) is 39.1 Å². The monoisotopic (exact) mass is 473 g/mol. The summed E-state index contributed by atoms with van der Waals surface area (Å²) in [5.41, 5.74) is 2.61. The van der Waals surface area contributed by atoms with Gasteiger partial charge in [-0.15, -0.1) is 0 Å². The maximum Gasteiger partial charge on any atom is 0.347 e. The Balaban J connectivity index is 1.89. The number of amides is 1. The minimum Gasteiger partial charge on any atom is -0.477 e. The fourth-order valence-electron chi connectivity index (χ4n) is 2.17. The van der Waals surface area contributed by atoms with Crippen LogP contribution < -0.4 is 10.1 Å². The number of carbonyl (C=O) groups excluding carboxylic acids is 2. The van der Waals surface area contributed by atoms with Gasteiger partial charge in [0.25, 0.3) is 5.91 Å². The Bertz CT molecular complexity index is 873. The van der Waals surface area contributed by atoms with Gasteiger partial charge in [0.15, 0.2) is 12.7 Å². The fraction of sp³-hybridized carbons (Fsp3) is 0.263. The predicted molar refractivity (Wildman–Crippen MR) is 110 cm³/mol. The summed E-state index contributed by atoms with van der Waals surface area (Å²) < 4.78 is 11.4. The quantitative estimate of drug-likeness (QED) is 0.575. The Kier molecular flexibility index (Phi) is 7.53. The molecule has 5 nitrogen and oxygen atoms in total. The molecule has 0 spiro atoms. The van der Waals surface area contributed by atoms with Crippen molar-refractivity contribution < 1.29 is 19.1 Å². The van der Waals surface area contributed by atoms with E-state index in [1.165, 1.54) is 13.0 Å². The number of rotatable bonds is 6. The van der Waals surface area contributed by atoms with Crippen LogP contribution in [0, 0.1) is 13.8 Å². The lowest BCUT2D eigenvalue weighted by molar-refractivity contribution is -0.153. The zero-order chi connectivity index (χ0) is 20.1. The second kappa shape index (κ2) is 9.44. The number of hydrogen-bond donors (Lipinski definition) is 1. The number of esters is 1. The van der Waals surface area contributed by atoms with Crippen LogP contribution in [0.1, 0.15) is 18.1 Å². The highest BCUT2D eigenvalue weighted by Gasteiger charge is 2.19. The summed E-state index contributed by atoms with van der Waals surface area (Å²) in [5.74, 6) is -0.819. The Morgan fingerprint density at radius 1 is 1.15 bits per heavy atom. The summed E-state index contributed by atoms with van der Waals surface area (Å²) in [6.45, 7) is 4.92. The summed E-state index contributed by atoms with van der Waals surface area (Å²) >= 11 is 15.3. The lowest BCUT2D eigenvalue weighted by Gasteiger charge is -2.15. The third-order valence-corrected chi connectivity index (χ3v) is 5.26. The molecule has 1 atom stereocenters. The highest BCUT2D eigenvalue weighted by molar-refractivity contribution is 9.10. The van der Waals surface area contributed by atoms with E-state index < -0.39 is 24.6 Å². The maximum absolute atomic E-state index is 12.1. The molecule has 0 unspecified atom stereocenters. The van der Waals surface area contributed by atoms with E-state index in [0.717, 1.165) is 15.6 Å². The van der Waals surface area contributed by atoms with Crippen LogP contribution >= 0.6 is 39.1 Å². The normalized spacial score (nSPS) is 11.6. The van der Waals surface area contributed by atoms with Gasteiger partial charge in [-0.05, 0) is 62.2 Å². The molecule has 2 aromatic rings. The zero-order valence-corrected chi connectivity index (χ0v) is 18.0. The average molecular weight is 475 g/mol. The molecule has 27 heavy (non-hydrogen) atoms. The van der Waals surface area contributed by atoms with Crippen LogP contribution in [0.5, 0.6) is 5.75 Å². The number of ether oxygens (including phenoxy) is 2. The van der Waals surface area contributed by atoms with Gasteiger partial charge < -0.3 is 14.8 Å².